The fourth-order valence-electron chi connectivity index (χ4n) is 2.45. The van der Waals surface area contributed by atoms with Gasteiger partial charge in [-0.25, -0.2) is 0 Å². The third-order valence-corrected chi connectivity index (χ3v) is 4.12. The summed E-state index contributed by atoms with van der Waals surface area (Å²) in [6.07, 6.45) is 0.864. The quantitative estimate of drug-likeness (QED) is 0.605. The maximum atomic E-state index is 11.9. The molecule has 0 aromatic heterocycles. The second-order valence-electron chi connectivity index (χ2n) is 6.13. The predicted octanol–water partition coefficient (Wildman–Crippen LogP) is 2.95. The number of nitrogens with zero attached hydrogens (tertiary/aromatic N) is 2. The third-order valence-electron chi connectivity index (χ3n) is 3.89. The number of hydrogen-bond acceptors (Lipinski definition) is 2. The molecule has 0 aliphatic carbocycles. The van der Waals surface area contributed by atoms with Crippen molar-refractivity contribution < 1.29 is 4.79 Å². The van der Waals surface area contributed by atoms with Gasteiger partial charge >= 0.3 is 0 Å². The first-order chi connectivity index (χ1) is 12.5. The van der Waals surface area contributed by atoms with Gasteiger partial charge in [0.2, 0.25) is 0 Å². The van der Waals surface area contributed by atoms with E-state index < -0.39 is 0 Å². The maximum absolute atomic E-state index is 11.9. The van der Waals surface area contributed by atoms with Crippen LogP contribution < -0.4 is 10.6 Å². The van der Waals surface area contributed by atoms with Crippen LogP contribution in [0.3, 0.4) is 0 Å². The average Bonchev–Trinajstić information content (AvgIpc) is 2.64. The van der Waals surface area contributed by atoms with E-state index in [0.29, 0.717) is 12.1 Å². The van der Waals surface area contributed by atoms with Crippen LogP contribution >= 0.6 is 11.6 Å². The second-order valence-corrected chi connectivity index (χ2v) is 6.57. The first-order valence-electron chi connectivity index (χ1n) is 8.49. The summed E-state index contributed by atoms with van der Waals surface area (Å²) in [5, 5.41) is 7.31. The van der Waals surface area contributed by atoms with E-state index >= 15 is 0 Å². The lowest BCUT2D eigenvalue weighted by Crippen LogP contribution is -2.37. The molecule has 0 atom stereocenters. The molecule has 0 aliphatic rings. The van der Waals surface area contributed by atoms with E-state index in [1.54, 1.807) is 26.0 Å². The van der Waals surface area contributed by atoms with Crippen LogP contribution in [0.1, 0.15) is 21.5 Å². The number of aliphatic imine (C=N–C) groups is 1. The molecule has 2 aromatic rings. The Morgan fingerprint density at radius 3 is 2.42 bits per heavy atom. The minimum Gasteiger partial charge on any atom is -0.356 e. The molecule has 2 aromatic carbocycles. The maximum Gasteiger partial charge on any atom is 0.253 e. The topological polar surface area (TPSA) is 56.7 Å². The summed E-state index contributed by atoms with van der Waals surface area (Å²) >= 11 is 6.00. The van der Waals surface area contributed by atoms with Gasteiger partial charge in [-0.1, -0.05) is 35.9 Å². The molecule has 6 heteroatoms. The minimum atomic E-state index is 0.00278. The summed E-state index contributed by atoms with van der Waals surface area (Å²) in [7, 11) is 5.24. The number of nitrogens with one attached hydrogen (secondary N) is 2. The molecular formula is C20H25ClN4O. The zero-order valence-electron chi connectivity index (χ0n) is 15.4. The Bertz CT molecular complexity index is 757. The summed E-state index contributed by atoms with van der Waals surface area (Å²) in [5.41, 5.74) is 2.95. The fraction of sp³-hybridized carbons (Fsp3) is 0.300. The van der Waals surface area contributed by atoms with Crippen LogP contribution in [0.15, 0.2) is 53.5 Å². The first kappa shape index (κ1) is 19.8. The summed E-state index contributed by atoms with van der Waals surface area (Å²) in [6, 6.07) is 15.4. The van der Waals surface area contributed by atoms with Gasteiger partial charge in [0.05, 0.1) is 0 Å². The minimum absolute atomic E-state index is 0.00278. The smallest absolute Gasteiger partial charge is 0.253 e. The lowest BCUT2D eigenvalue weighted by Gasteiger charge is -2.13. The van der Waals surface area contributed by atoms with Gasteiger partial charge in [-0.3, -0.25) is 9.79 Å². The van der Waals surface area contributed by atoms with E-state index in [2.05, 4.69) is 21.7 Å². The van der Waals surface area contributed by atoms with Crippen LogP contribution in [0, 0.1) is 0 Å². The number of hydrogen-bond donors (Lipinski definition) is 2. The molecule has 5 nitrogen and oxygen atoms in total. The molecule has 0 heterocycles. The first-order valence-corrected chi connectivity index (χ1v) is 8.87. The summed E-state index contributed by atoms with van der Waals surface area (Å²) in [4.78, 5) is 17.7. The van der Waals surface area contributed by atoms with Gasteiger partial charge in [0.25, 0.3) is 5.91 Å². The van der Waals surface area contributed by atoms with E-state index in [1.165, 1.54) is 5.56 Å². The SMILES string of the molecule is CN=C(NCCc1cccc(Cl)c1)NCc1ccc(C(=O)N(C)C)cc1. The molecule has 1 amide bonds. The number of guanidine groups is 1. The Kier molecular flexibility index (Phi) is 7.48. The molecule has 0 saturated carbocycles. The van der Waals surface area contributed by atoms with Crippen molar-refractivity contribution in [3.05, 3.63) is 70.2 Å². The Balaban J connectivity index is 1.80. The van der Waals surface area contributed by atoms with E-state index in [4.69, 9.17) is 11.6 Å². The molecule has 0 radical (unpaired) electrons. The predicted molar refractivity (Wildman–Crippen MR) is 108 cm³/mol. The van der Waals surface area contributed by atoms with Gasteiger partial charge in [-0.2, -0.15) is 0 Å². The second kappa shape index (κ2) is 9.82. The van der Waals surface area contributed by atoms with Crippen LogP contribution in [0.2, 0.25) is 5.02 Å². The van der Waals surface area contributed by atoms with Crippen molar-refractivity contribution in [3.63, 3.8) is 0 Å². The molecule has 2 rings (SSSR count). The highest BCUT2D eigenvalue weighted by Crippen LogP contribution is 2.10. The number of benzene rings is 2. The highest BCUT2D eigenvalue weighted by atomic mass is 35.5. The molecular weight excluding hydrogens is 348 g/mol. The van der Waals surface area contributed by atoms with Crippen molar-refractivity contribution in [3.8, 4) is 0 Å². The van der Waals surface area contributed by atoms with Gasteiger partial charge in [-0.05, 0) is 41.8 Å². The van der Waals surface area contributed by atoms with Gasteiger partial charge in [0.1, 0.15) is 0 Å². The van der Waals surface area contributed by atoms with Gasteiger partial charge in [0, 0.05) is 44.8 Å². The summed E-state index contributed by atoms with van der Waals surface area (Å²) in [6.45, 7) is 1.39. The number of carbonyl (C=O) groups is 1. The molecule has 0 spiro atoms. The third kappa shape index (κ3) is 6.08. The number of amides is 1. The Hall–Kier alpha value is -2.53. The standard InChI is InChI=1S/C20H25ClN4O/c1-22-20(23-12-11-15-5-4-6-18(21)13-15)24-14-16-7-9-17(10-8-16)19(26)25(2)3/h4-10,13H,11-12,14H2,1-3H3,(H2,22,23,24). The number of carbonyl (C=O) groups excluding carboxylic acids is 1. The van der Waals surface area contributed by atoms with Crippen molar-refractivity contribution in [2.24, 2.45) is 4.99 Å². The van der Waals surface area contributed by atoms with E-state index in [0.717, 1.165) is 29.5 Å². The number of halogens is 1. The highest BCUT2D eigenvalue weighted by molar-refractivity contribution is 6.30. The van der Waals surface area contributed by atoms with Gasteiger partial charge in [-0.15, -0.1) is 0 Å². The Morgan fingerprint density at radius 1 is 1.08 bits per heavy atom. The van der Waals surface area contributed by atoms with Crippen LogP contribution in [-0.4, -0.2) is 44.5 Å². The fourth-order valence-corrected chi connectivity index (χ4v) is 2.66. The average molecular weight is 373 g/mol. The van der Waals surface area contributed by atoms with Crippen molar-refractivity contribution in [1.82, 2.24) is 15.5 Å². The summed E-state index contributed by atoms with van der Waals surface area (Å²) in [5.74, 6) is 0.739. The molecule has 2 N–H and O–H groups in total. The van der Waals surface area contributed by atoms with Crippen molar-refractivity contribution in [1.29, 1.82) is 0 Å². The van der Waals surface area contributed by atoms with E-state index in [1.807, 2.05) is 42.5 Å². The van der Waals surface area contributed by atoms with E-state index in [9.17, 15) is 4.79 Å². The summed E-state index contributed by atoms with van der Waals surface area (Å²) < 4.78 is 0. The lowest BCUT2D eigenvalue weighted by molar-refractivity contribution is 0.0827. The zero-order chi connectivity index (χ0) is 18.9. The molecule has 0 saturated heterocycles. The van der Waals surface area contributed by atoms with Crippen molar-refractivity contribution >= 4 is 23.5 Å². The largest absolute Gasteiger partial charge is 0.356 e. The van der Waals surface area contributed by atoms with Crippen molar-refractivity contribution in [2.45, 2.75) is 13.0 Å². The van der Waals surface area contributed by atoms with Gasteiger partial charge in [0.15, 0.2) is 5.96 Å². The highest BCUT2D eigenvalue weighted by Gasteiger charge is 2.07. The van der Waals surface area contributed by atoms with E-state index in [-0.39, 0.29) is 5.91 Å². The van der Waals surface area contributed by atoms with Gasteiger partial charge < -0.3 is 15.5 Å². The molecule has 0 bridgehead atoms. The molecule has 138 valence electrons. The molecule has 0 unspecified atom stereocenters. The Labute approximate surface area is 160 Å². The van der Waals surface area contributed by atoms with Crippen LogP contribution in [-0.2, 0) is 13.0 Å². The molecule has 26 heavy (non-hydrogen) atoms. The Morgan fingerprint density at radius 2 is 1.81 bits per heavy atom. The van der Waals surface area contributed by atoms with Crippen molar-refractivity contribution in [2.75, 3.05) is 27.7 Å². The monoisotopic (exact) mass is 372 g/mol. The normalized spacial score (nSPS) is 11.2. The zero-order valence-corrected chi connectivity index (χ0v) is 16.2. The lowest BCUT2D eigenvalue weighted by atomic mass is 10.1. The molecule has 0 aliphatic heterocycles. The van der Waals surface area contributed by atoms with Crippen LogP contribution in [0.4, 0.5) is 0 Å². The van der Waals surface area contributed by atoms with Crippen LogP contribution in [0.5, 0.6) is 0 Å². The number of rotatable bonds is 6. The molecule has 0 fully saturated rings. The van der Waals surface area contributed by atoms with Crippen LogP contribution in [0.25, 0.3) is 0 Å².